The lowest BCUT2D eigenvalue weighted by Crippen LogP contribution is -2.68. The number of rotatable bonds is 8. The highest BCUT2D eigenvalue weighted by molar-refractivity contribution is 6.02. The number of aromatic nitrogens is 2. The zero-order valence-electron chi connectivity index (χ0n) is 46.6. The first-order valence-corrected chi connectivity index (χ1v) is 30.6. The molecule has 2 saturated heterocycles. The fourth-order valence-electron chi connectivity index (χ4n) is 20.8. The van der Waals surface area contributed by atoms with Crippen molar-refractivity contribution in [2.75, 3.05) is 6.61 Å². The van der Waals surface area contributed by atoms with Gasteiger partial charge >= 0.3 is 0 Å². The molecule has 402 valence electrons. The Kier molecular flexibility index (Phi) is 12.1. The van der Waals surface area contributed by atoms with Crippen LogP contribution in [0.3, 0.4) is 0 Å². The molecule has 10 aliphatic rings. The molecule has 0 amide bonds. The molecule has 0 radical (unpaired) electrons. The highest BCUT2D eigenvalue weighted by Gasteiger charge is 2.73. The molecule has 2 aromatic heterocycles. The predicted octanol–water partition coefficient (Wildman–Crippen LogP) is 14.0. The van der Waals surface area contributed by atoms with Crippen molar-refractivity contribution in [3.05, 3.63) is 69.6 Å². The number of aryl methyl sites for hydroxylation is 1. The van der Waals surface area contributed by atoms with Gasteiger partial charge < -0.3 is 29.2 Å². The van der Waals surface area contributed by atoms with Crippen LogP contribution in [0.15, 0.2) is 41.7 Å². The molecular formula is C66H92N2O6. The van der Waals surface area contributed by atoms with Crippen LogP contribution < -0.4 is 0 Å². The Morgan fingerprint density at radius 3 is 2.23 bits per heavy atom. The maximum Gasteiger partial charge on any atom is 0.160 e. The van der Waals surface area contributed by atoms with E-state index in [4.69, 9.17) is 9.47 Å². The Balaban J connectivity index is 0.931. The Bertz CT molecular complexity index is 2740. The summed E-state index contributed by atoms with van der Waals surface area (Å²) >= 11 is 0. The summed E-state index contributed by atoms with van der Waals surface area (Å²) < 4.78 is 15.3. The maximum atomic E-state index is 15.6. The van der Waals surface area contributed by atoms with E-state index in [1.165, 1.54) is 116 Å². The number of fused-ring (bicyclic) bond motifs is 4. The molecule has 13 rings (SSSR count). The van der Waals surface area contributed by atoms with Gasteiger partial charge in [-0.2, -0.15) is 0 Å². The molecule has 8 nitrogen and oxygen atoms in total. The van der Waals surface area contributed by atoms with Gasteiger partial charge in [-0.25, -0.2) is 0 Å². The van der Waals surface area contributed by atoms with E-state index in [1.54, 1.807) is 5.56 Å². The van der Waals surface area contributed by atoms with Crippen LogP contribution in [0, 0.1) is 50.7 Å². The number of Topliss-reactive ketones (excluding diaryl/α,β-unsaturated/α-hetero) is 2. The van der Waals surface area contributed by atoms with Crippen molar-refractivity contribution in [3.63, 3.8) is 0 Å². The number of nitrogens with one attached hydrogen (secondary N) is 1. The van der Waals surface area contributed by atoms with Crippen molar-refractivity contribution < 1.29 is 29.3 Å². The van der Waals surface area contributed by atoms with E-state index in [9.17, 15) is 15.0 Å². The predicted molar refractivity (Wildman–Crippen MR) is 292 cm³/mol. The molecule has 3 aliphatic heterocycles. The first kappa shape index (κ1) is 50.5. The Labute approximate surface area is 443 Å². The molecule has 1 spiro atoms. The first-order valence-electron chi connectivity index (χ1n) is 30.6. The van der Waals surface area contributed by atoms with Gasteiger partial charge in [0.2, 0.25) is 0 Å². The van der Waals surface area contributed by atoms with Gasteiger partial charge in [0, 0.05) is 67.1 Å². The number of aromatic amines is 1. The molecule has 3 aromatic rings. The molecule has 74 heavy (non-hydrogen) atoms. The third kappa shape index (κ3) is 7.58. The smallest absolute Gasteiger partial charge is 0.160 e. The molecule has 0 bridgehead atoms. The van der Waals surface area contributed by atoms with Crippen LogP contribution in [0.1, 0.15) is 236 Å². The maximum absolute atomic E-state index is 15.6. The Morgan fingerprint density at radius 1 is 0.797 bits per heavy atom. The second-order valence-electron chi connectivity index (χ2n) is 29.1. The van der Waals surface area contributed by atoms with Crippen molar-refractivity contribution >= 4 is 22.6 Å². The molecule has 8 fully saturated rings. The van der Waals surface area contributed by atoms with Gasteiger partial charge in [-0.3, -0.25) is 9.59 Å². The summed E-state index contributed by atoms with van der Waals surface area (Å²) in [5, 5.41) is 26.1. The van der Waals surface area contributed by atoms with Crippen molar-refractivity contribution in [2.24, 2.45) is 50.7 Å². The lowest BCUT2D eigenvalue weighted by atomic mass is 9.33. The number of benzene rings is 1. The fourth-order valence-corrected chi connectivity index (χ4v) is 20.8. The molecule has 12 unspecified atom stereocenters. The van der Waals surface area contributed by atoms with Gasteiger partial charge in [-0.15, -0.1) is 0 Å². The number of epoxide rings is 1. The number of H-pyrrole nitrogens is 1. The zero-order valence-corrected chi connectivity index (χ0v) is 46.6. The van der Waals surface area contributed by atoms with Crippen LogP contribution >= 0.6 is 0 Å². The largest absolute Gasteiger partial charge is 0.392 e. The average molecular weight is 1010 g/mol. The van der Waals surface area contributed by atoms with Gasteiger partial charge in [-0.1, -0.05) is 104 Å². The van der Waals surface area contributed by atoms with E-state index in [0.29, 0.717) is 49.3 Å². The molecule has 5 heterocycles. The minimum atomic E-state index is -0.714. The quantitative estimate of drug-likeness (QED) is 0.194. The van der Waals surface area contributed by atoms with Gasteiger partial charge in [0.25, 0.3) is 0 Å². The van der Waals surface area contributed by atoms with Crippen molar-refractivity contribution in [3.8, 4) is 0 Å². The third-order valence-electron chi connectivity index (χ3n) is 24.7. The molecule has 1 aromatic carbocycles. The van der Waals surface area contributed by atoms with Crippen LogP contribution in [-0.4, -0.2) is 67.5 Å². The minimum absolute atomic E-state index is 0.0444. The molecule has 12 atom stereocenters. The summed E-state index contributed by atoms with van der Waals surface area (Å²) in [7, 11) is 0. The standard InChI is InChI=1S/C66H92N2O6/c1-60(2)59(74-60)50(70)35-61(3)26-20-43-37-67-55-46(32-40-30-44(41-16-10-8-11-17-41)33-45(31-40)42-23-29-73-66(34-42)24-14-9-15-25-66)38-68(56(43)55)39-48-53-54(61)49(69)36-64(53,6)63(5)28-21-51-62(4,58(63)57(48)72)27-22-52(71)65(51,7)47-18-12-13-19-47/h30-31,33,37-38,41-42,47-48,50-51,57-59,67,70,72H,8-29,32,34-36,39H2,1-7H3. The number of aliphatic hydroxyl groups is 2. The van der Waals surface area contributed by atoms with Gasteiger partial charge in [0.15, 0.2) is 5.78 Å². The normalized spacial score (nSPS) is 40.6. The van der Waals surface area contributed by atoms with Crippen molar-refractivity contribution in [2.45, 2.75) is 257 Å². The number of ether oxygens (including phenoxy) is 2. The van der Waals surface area contributed by atoms with Crippen LogP contribution in [0.4, 0.5) is 0 Å². The van der Waals surface area contributed by atoms with E-state index in [1.807, 2.05) is 0 Å². The highest BCUT2D eigenvalue weighted by atomic mass is 16.6. The van der Waals surface area contributed by atoms with Crippen LogP contribution in [-0.2, 0) is 38.4 Å². The molecule has 8 heteroatoms. The molecule has 3 N–H and O–H groups in total. The number of aliphatic hydroxyl groups excluding tert-OH is 2. The highest BCUT2D eigenvalue weighted by Crippen LogP contribution is 2.76. The first-order chi connectivity index (χ1) is 35.3. The average Bonchev–Trinajstić information content (AvgIpc) is 3.93. The second-order valence-corrected chi connectivity index (χ2v) is 29.1. The van der Waals surface area contributed by atoms with Crippen molar-refractivity contribution in [1.82, 2.24) is 9.55 Å². The number of nitrogens with zero attached hydrogens (tertiary/aromatic N) is 1. The molecule has 7 aliphatic carbocycles. The van der Waals surface area contributed by atoms with Gasteiger partial charge in [0.05, 0.1) is 34.4 Å². The fraction of sp³-hybridized carbons (Fsp3) is 0.758. The second kappa shape index (κ2) is 17.7. The van der Waals surface area contributed by atoms with Gasteiger partial charge in [-0.05, 0) is 183 Å². The SMILES string of the molecule is CC1(CC(O)C2OC2(C)C)CCc2c[nH]c3c(Cc4cc(C5CCCCC5)cc(C5CCOC6(CCCCC6)C5)c4)cn(c23)CC2C3=C1C(=O)CC3(C)C1(C)CCC3C(C)(CCC(=O)C3(C)C3CCCC3)C1C2O. The zero-order chi connectivity index (χ0) is 51.4. The van der Waals surface area contributed by atoms with E-state index in [-0.39, 0.29) is 51.5 Å². The van der Waals surface area contributed by atoms with Crippen LogP contribution in [0.25, 0.3) is 11.0 Å². The summed E-state index contributed by atoms with van der Waals surface area (Å²) in [6, 6.07) is 7.77. The minimum Gasteiger partial charge on any atom is -0.392 e. The van der Waals surface area contributed by atoms with Crippen molar-refractivity contribution in [1.29, 1.82) is 0 Å². The van der Waals surface area contributed by atoms with E-state index < -0.39 is 28.6 Å². The number of carbonyl (C=O) groups excluding carboxylic acids is 2. The summed E-state index contributed by atoms with van der Waals surface area (Å²) in [6.07, 6.45) is 29.2. The summed E-state index contributed by atoms with van der Waals surface area (Å²) in [5.41, 5.74) is 9.07. The van der Waals surface area contributed by atoms with E-state index >= 15 is 4.79 Å². The Hall–Kier alpha value is -3.04. The molecule has 6 saturated carbocycles. The summed E-state index contributed by atoms with van der Waals surface area (Å²) in [6.45, 7) is 17.6. The third-order valence-corrected chi connectivity index (χ3v) is 24.7. The number of ketones is 2. The number of hydrogen-bond acceptors (Lipinski definition) is 6. The van der Waals surface area contributed by atoms with E-state index in [2.05, 4.69) is 88.6 Å². The van der Waals surface area contributed by atoms with Crippen LogP contribution in [0.2, 0.25) is 0 Å². The van der Waals surface area contributed by atoms with E-state index in [0.717, 1.165) is 76.4 Å². The number of allylic oxidation sites excluding steroid dienone is 1. The lowest BCUT2D eigenvalue weighted by molar-refractivity contribution is -0.227. The number of hydrogen-bond donors (Lipinski definition) is 3. The summed E-state index contributed by atoms with van der Waals surface area (Å²) in [5.74, 6) is 2.02. The molecular weight excluding hydrogens is 917 g/mol. The summed E-state index contributed by atoms with van der Waals surface area (Å²) in [4.78, 5) is 34.0. The Morgan fingerprint density at radius 2 is 1.50 bits per heavy atom. The topological polar surface area (TPSA) is 117 Å². The number of carbonyl (C=O) groups is 2. The lowest BCUT2D eigenvalue weighted by Gasteiger charge is -2.70. The van der Waals surface area contributed by atoms with Gasteiger partial charge in [0.1, 0.15) is 11.9 Å². The van der Waals surface area contributed by atoms with Crippen LogP contribution in [0.5, 0.6) is 0 Å². The monoisotopic (exact) mass is 1010 g/mol.